The summed E-state index contributed by atoms with van der Waals surface area (Å²) in [5, 5.41) is 4.89. The van der Waals surface area contributed by atoms with Crippen molar-refractivity contribution < 1.29 is 0 Å². The molecule has 1 fully saturated rings. The van der Waals surface area contributed by atoms with Gasteiger partial charge in [-0.15, -0.1) is 9.24 Å². The molecule has 1 aromatic carbocycles. The zero-order valence-corrected chi connectivity index (χ0v) is 10.4. The number of anilines is 1. The van der Waals surface area contributed by atoms with Gasteiger partial charge in [0.05, 0.1) is 0 Å². The Morgan fingerprint density at radius 3 is 2.13 bits per heavy atom. The summed E-state index contributed by atoms with van der Waals surface area (Å²) in [4.78, 5) is 0. The number of nitrogens with one attached hydrogen (secondary N) is 1. The van der Waals surface area contributed by atoms with Crippen molar-refractivity contribution in [3.63, 3.8) is 0 Å². The van der Waals surface area contributed by atoms with E-state index in [-0.39, 0.29) is 0 Å². The van der Waals surface area contributed by atoms with E-state index in [0.29, 0.717) is 6.04 Å². The van der Waals surface area contributed by atoms with Crippen LogP contribution in [0.3, 0.4) is 0 Å². The molecule has 0 radical (unpaired) electrons. The van der Waals surface area contributed by atoms with Gasteiger partial charge in [0, 0.05) is 11.7 Å². The van der Waals surface area contributed by atoms with Gasteiger partial charge >= 0.3 is 0 Å². The molecular formula is C13H20NP. The van der Waals surface area contributed by atoms with Crippen LogP contribution in [-0.2, 0) is 0 Å². The molecule has 2 rings (SSSR count). The van der Waals surface area contributed by atoms with Crippen LogP contribution in [0.2, 0.25) is 0 Å². The SMILES string of the molecule is Pc1ccc(NC2CCCCCC2)cc1. The van der Waals surface area contributed by atoms with Crippen molar-refractivity contribution in [1.82, 2.24) is 0 Å². The van der Waals surface area contributed by atoms with E-state index in [9.17, 15) is 0 Å². The maximum Gasteiger partial charge on any atom is 0.0342 e. The normalized spacial score (nSPS) is 18.5. The summed E-state index contributed by atoms with van der Waals surface area (Å²) in [5.41, 5.74) is 1.27. The van der Waals surface area contributed by atoms with E-state index in [1.54, 1.807) is 0 Å². The quantitative estimate of drug-likeness (QED) is 0.596. The van der Waals surface area contributed by atoms with Crippen LogP contribution in [0.15, 0.2) is 24.3 Å². The smallest absolute Gasteiger partial charge is 0.0342 e. The van der Waals surface area contributed by atoms with Crippen molar-refractivity contribution >= 4 is 20.2 Å². The molecule has 15 heavy (non-hydrogen) atoms. The van der Waals surface area contributed by atoms with Crippen LogP contribution in [0.25, 0.3) is 0 Å². The van der Waals surface area contributed by atoms with Crippen molar-refractivity contribution in [1.29, 1.82) is 0 Å². The number of hydrogen-bond acceptors (Lipinski definition) is 1. The van der Waals surface area contributed by atoms with Crippen LogP contribution in [0.5, 0.6) is 0 Å². The number of hydrogen-bond donors (Lipinski definition) is 1. The molecule has 0 spiro atoms. The lowest BCUT2D eigenvalue weighted by Crippen LogP contribution is -2.18. The van der Waals surface area contributed by atoms with Gasteiger partial charge in [-0.05, 0) is 30.3 Å². The molecule has 0 aromatic heterocycles. The third-order valence-corrected chi connectivity index (χ3v) is 3.52. The van der Waals surface area contributed by atoms with Gasteiger partial charge in [0.15, 0.2) is 0 Å². The molecule has 0 aliphatic heterocycles. The van der Waals surface area contributed by atoms with Gasteiger partial charge < -0.3 is 5.32 Å². The lowest BCUT2D eigenvalue weighted by molar-refractivity contribution is 0.620. The zero-order valence-electron chi connectivity index (χ0n) is 9.21. The van der Waals surface area contributed by atoms with Crippen LogP contribution in [-0.4, -0.2) is 6.04 Å². The van der Waals surface area contributed by atoms with Crippen LogP contribution in [0, 0.1) is 0 Å². The highest BCUT2D eigenvalue weighted by atomic mass is 31.0. The van der Waals surface area contributed by atoms with Crippen molar-refractivity contribution in [3.8, 4) is 0 Å². The maximum absolute atomic E-state index is 3.64. The van der Waals surface area contributed by atoms with E-state index in [0.717, 1.165) is 0 Å². The first kappa shape index (κ1) is 11.0. The minimum Gasteiger partial charge on any atom is -0.382 e. The first-order valence-corrected chi connectivity index (χ1v) is 6.54. The Kier molecular flexibility index (Phi) is 4.02. The van der Waals surface area contributed by atoms with Gasteiger partial charge in [-0.3, -0.25) is 0 Å². The first-order chi connectivity index (χ1) is 7.34. The lowest BCUT2D eigenvalue weighted by Gasteiger charge is -2.17. The largest absolute Gasteiger partial charge is 0.382 e. The monoisotopic (exact) mass is 221 g/mol. The highest BCUT2D eigenvalue weighted by Crippen LogP contribution is 2.20. The predicted octanol–water partition coefficient (Wildman–Crippen LogP) is 3.32. The van der Waals surface area contributed by atoms with Gasteiger partial charge in [0.25, 0.3) is 0 Å². The van der Waals surface area contributed by atoms with Crippen LogP contribution < -0.4 is 10.6 Å². The van der Waals surface area contributed by atoms with Crippen molar-refractivity contribution in [3.05, 3.63) is 24.3 Å². The first-order valence-electron chi connectivity index (χ1n) is 5.97. The predicted molar refractivity (Wildman–Crippen MR) is 70.9 cm³/mol. The second-order valence-electron chi connectivity index (χ2n) is 4.45. The number of benzene rings is 1. The Bertz CT molecular complexity index is 286. The van der Waals surface area contributed by atoms with E-state index in [1.165, 1.54) is 49.5 Å². The van der Waals surface area contributed by atoms with Crippen molar-refractivity contribution in [2.75, 3.05) is 5.32 Å². The standard InChI is InChI=1S/C13H20NP/c15-13-9-7-12(8-10-13)14-11-5-3-1-2-4-6-11/h7-11,14H,1-6,15H2. The van der Waals surface area contributed by atoms with Crippen LogP contribution in [0.1, 0.15) is 38.5 Å². The molecule has 0 amide bonds. The Labute approximate surface area is 94.9 Å². The molecule has 1 aliphatic rings. The van der Waals surface area contributed by atoms with Gasteiger partial charge in [-0.25, -0.2) is 0 Å². The fraction of sp³-hybridized carbons (Fsp3) is 0.538. The molecule has 1 atom stereocenters. The van der Waals surface area contributed by atoms with E-state index in [2.05, 4.69) is 38.8 Å². The summed E-state index contributed by atoms with van der Waals surface area (Å²) in [6, 6.07) is 9.33. The third-order valence-electron chi connectivity index (χ3n) is 3.14. The van der Waals surface area contributed by atoms with Gasteiger partial charge in [-0.1, -0.05) is 37.8 Å². The van der Waals surface area contributed by atoms with E-state index < -0.39 is 0 Å². The molecule has 0 bridgehead atoms. The minimum absolute atomic E-state index is 0.697. The maximum atomic E-state index is 3.64. The fourth-order valence-electron chi connectivity index (χ4n) is 2.24. The van der Waals surface area contributed by atoms with Gasteiger partial charge in [-0.2, -0.15) is 0 Å². The molecule has 0 saturated heterocycles. The molecule has 82 valence electrons. The average Bonchev–Trinajstić information content (AvgIpc) is 2.50. The summed E-state index contributed by atoms with van der Waals surface area (Å²) >= 11 is 0. The van der Waals surface area contributed by atoms with Gasteiger partial charge in [0.1, 0.15) is 0 Å². The van der Waals surface area contributed by atoms with E-state index in [1.807, 2.05) is 0 Å². The Morgan fingerprint density at radius 1 is 0.933 bits per heavy atom. The summed E-state index contributed by atoms with van der Waals surface area (Å²) in [5.74, 6) is 0. The molecule has 1 N–H and O–H groups in total. The summed E-state index contributed by atoms with van der Waals surface area (Å²) in [6.45, 7) is 0. The Balaban J connectivity index is 1.92. The minimum atomic E-state index is 0.697. The summed E-state index contributed by atoms with van der Waals surface area (Å²) in [7, 11) is 2.72. The molecular weight excluding hydrogens is 201 g/mol. The second-order valence-corrected chi connectivity index (χ2v) is 5.12. The third kappa shape index (κ3) is 3.50. The van der Waals surface area contributed by atoms with Crippen molar-refractivity contribution in [2.24, 2.45) is 0 Å². The zero-order chi connectivity index (χ0) is 10.5. The van der Waals surface area contributed by atoms with E-state index >= 15 is 0 Å². The summed E-state index contributed by atoms with van der Waals surface area (Å²) < 4.78 is 0. The highest BCUT2D eigenvalue weighted by molar-refractivity contribution is 7.27. The fourth-order valence-corrected chi connectivity index (χ4v) is 2.43. The summed E-state index contributed by atoms with van der Waals surface area (Å²) in [6.07, 6.45) is 8.29. The van der Waals surface area contributed by atoms with Crippen LogP contribution in [0.4, 0.5) is 5.69 Å². The number of rotatable bonds is 2. The molecule has 1 aliphatic carbocycles. The molecule has 1 aromatic rings. The van der Waals surface area contributed by atoms with Gasteiger partial charge in [0.2, 0.25) is 0 Å². The molecule has 1 saturated carbocycles. The second kappa shape index (κ2) is 5.51. The topological polar surface area (TPSA) is 12.0 Å². The average molecular weight is 221 g/mol. The van der Waals surface area contributed by atoms with Crippen LogP contribution >= 0.6 is 9.24 Å². The highest BCUT2D eigenvalue weighted by Gasteiger charge is 2.11. The Hall–Kier alpha value is -0.550. The molecule has 1 unspecified atom stereocenters. The molecule has 0 heterocycles. The molecule has 1 nitrogen and oxygen atoms in total. The lowest BCUT2D eigenvalue weighted by atomic mass is 10.1. The van der Waals surface area contributed by atoms with E-state index in [4.69, 9.17) is 0 Å². The Morgan fingerprint density at radius 2 is 1.53 bits per heavy atom. The molecule has 2 heteroatoms. The van der Waals surface area contributed by atoms with Crippen molar-refractivity contribution in [2.45, 2.75) is 44.6 Å².